The van der Waals surface area contributed by atoms with E-state index in [1.165, 1.54) is 54.8 Å². The van der Waals surface area contributed by atoms with Crippen molar-refractivity contribution in [2.24, 2.45) is 0 Å². The predicted molar refractivity (Wildman–Crippen MR) is 118 cm³/mol. The second-order valence-electron chi connectivity index (χ2n) is 7.44. The van der Waals surface area contributed by atoms with Gasteiger partial charge in [0, 0.05) is 27.2 Å². The van der Waals surface area contributed by atoms with Gasteiger partial charge < -0.3 is 8.97 Å². The summed E-state index contributed by atoms with van der Waals surface area (Å²) in [4.78, 5) is 0. The molecule has 28 heavy (non-hydrogen) atoms. The number of fused-ring (bicyclic) bond motifs is 8. The standard InChI is InChI=1S/C26H16N2/c1-2-9-17(10-3-1)27-22-14-7-6-13-20(22)24-25-19-12-5-4-11-18(19)21-15-8-16-23(26(24)27)28(21)25/h1-16H. The van der Waals surface area contributed by atoms with Crippen LogP contribution in [0.4, 0.5) is 0 Å². The van der Waals surface area contributed by atoms with Crippen LogP contribution in [-0.4, -0.2) is 8.97 Å². The molecule has 2 heteroatoms. The van der Waals surface area contributed by atoms with Crippen molar-refractivity contribution in [1.29, 1.82) is 0 Å². The molecule has 4 aromatic heterocycles. The molecule has 0 N–H and O–H groups in total. The van der Waals surface area contributed by atoms with Gasteiger partial charge in [-0.15, -0.1) is 0 Å². The zero-order valence-corrected chi connectivity index (χ0v) is 15.1. The fourth-order valence-corrected chi connectivity index (χ4v) is 4.99. The monoisotopic (exact) mass is 356 g/mol. The molecular weight excluding hydrogens is 340 g/mol. The first kappa shape index (κ1) is 14.3. The van der Waals surface area contributed by atoms with Gasteiger partial charge >= 0.3 is 0 Å². The Bertz CT molecular complexity index is 1650. The van der Waals surface area contributed by atoms with Gasteiger partial charge in [0.15, 0.2) is 0 Å². The first-order valence-corrected chi connectivity index (χ1v) is 9.65. The molecule has 0 aliphatic carbocycles. The van der Waals surface area contributed by atoms with Crippen LogP contribution in [0.25, 0.3) is 54.8 Å². The van der Waals surface area contributed by atoms with Crippen molar-refractivity contribution in [3.63, 3.8) is 0 Å². The summed E-state index contributed by atoms with van der Waals surface area (Å²) >= 11 is 0. The number of rotatable bonds is 1. The Morgan fingerprint density at radius 3 is 1.93 bits per heavy atom. The summed E-state index contributed by atoms with van der Waals surface area (Å²) in [5.74, 6) is 0. The van der Waals surface area contributed by atoms with Gasteiger partial charge in [-0.2, -0.15) is 0 Å². The molecule has 4 heterocycles. The summed E-state index contributed by atoms with van der Waals surface area (Å²) in [6.45, 7) is 0. The van der Waals surface area contributed by atoms with E-state index in [1.807, 2.05) is 0 Å². The van der Waals surface area contributed by atoms with Gasteiger partial charge in [-0.3, -0.25) is 0 Å². The van der Waals surface area contributed by atoms with E-state index in [0.29, 0.717) is 0 Å². The van der Waals surface area contributed by atoms with Crippen molar-refractivity contribution in [3.05, 3.63) is 97.1 Å². The zero-order chi connectivity index (χ0) is 18.2. The minimum atomic E-state index is 1.20. The van der Waals surface area contributed by atoms with Gasteiger partial charge in [0.1, 0.15) is 0 Å². The van der Waals surface area contributed by atoms with Crippen LogP contribution in [0, 0.1) is 0 Å². The molecule has 0 saturated carbocycles. The highest BCUT2D eigenvalue weighted by Gasteiger charge is 2.23. The molecule has 0 aliphatic rings. The molecule has 0 aliphatic heterocycles. The van der Waals surface area contributed by atoms with Crippen LogP contribution in [0.5, 0.6) is 0 Å². The molecule has 0 radical (unpaired) electrons. The number of benzene rings is 3. The Labute approximate surface area is 161 Å². The van der Waals surface area contributed by atoms with E-state index in [4.69, 9.17) is 0 Å². The van der Waals surface area contributed by atoms with Crippen LogP contribution < -0.4 is 0 Å². The van der Waals surface area contributed by atoms with Crippen molar-refractivity contribution in [2.45, 2.75) is 0 Å². The third kappa shape index (κ3) is 1.55. The highest BCUT2D eigenvalue weighted by atomic mass is 15.0. The van der Waals surface area contributed by atoms with Gasteiger partial charge in [-0.25, -0.2) is 0 Å². The van der Waals surface area contributed by atoms with E-state index in [9.17, 15) is 0 Å². The Balaban J connectivity index is 1.88. The van der Waals surface area contributed by atoms with Crippen molar-refractivity contribution in [2.75, 3.05) is 0 Å². The lowest BCUT2D eigenvalue weighted by Crippen LogP contribution is -1.93. The van der Waals surface area contributed by atoms with Crippen LogP contribution >= 0.6 is 0 Å². The Kier molecular flexibility index (Phi) is 2.52. The second kappa shape index (κ2) is 4.93. The summed E-state index contributed by atoms with van der Waals surface area (Å²) in [6.07, 6.45) is 0. The molecule has 0 bridgehead atoms. The number of aromatic nitrogens is 2. The smallest absolute Gasteiger partial charge is 0.0803 e. The second-order valence-corrected chi connectivity index (χ2v) is 7.44. The Morgan fingerprint density at radius 2 is 1.07 bits per heavy atom. The Hall–Kier alpha value is -3.78. The van der Waals surface area contributed by atoms with Crippen molar-refractivity contribution < 1.29 is 0 Å². The molecule has 130 valence electrons. The summed E-state index contributed by atoms with van der Waals surface area (Å²) in [7, 11) is 0. The summed E-state index contributed by atoms with van der Waals surface area (Å²) in [5, 5.41) is 5.30. The molecule has 0 amide bonds. The third-order valence-electron chi connectivity index (χ3n) is 6.04. The third-order valence-corrected chi connectivity index (χ3v) is 6.04. The maximum Gasteiger partial charge on any atom is 0.0803 e. The normalized spacial score (nSPS) is 12.3. The van der Waals surface area contributed by atoms with E-state index in [1.54, 1.807) is 0 Å². The molecule has 0 atom stereocenters. The molecule has 0 spiro atoms. The fourth-order valence-electron chi connectivity index (χ4n) is 4.99. The van der Waals surface area contributed by atoms with Crippen LogP contribution in [0.1, 0.15) is 0 Å². The maximum absolute atomic E-state index is 2.45. The molecule has 7 aromatic rings. The SMILES string of the molecule is c1ccc(-n2c3ccccc3c3c2c2cccc4c5ccccc5c3n42)cc1. The fraction of sp³-hybridized carbons (Fsp3) is 0. The molecular formula is C26H16N2. The lowest BCUT2D eigenvalue weighted by molar-refractivity contribution is 1.18. The lowest BCUT2D eigenvalue weighted by atomic mass is 10.1. The number of pyridine rings is 1. The van der Waals surface area contributed by atoms with Crippen LogP contribution in [0.15, 0.2) is 97.1 Å². The van der Waals surface area contributed by atoms with Crippen molar-refractivity contribution in [3.8, 4) is 5.69 Å². The number of para-hydroxylation sites is 2. The summed E-state index contributed by atoms with van der Waals surface area (Å²) < 4.78 is 4.86. The molecule has 0 unspecified atom stereocenters. The average Bonchev–Trinajstić information content (AvgIpc) is 3.38. The predicted octanol–water partition coefficient (Wildman–Crippen LogP) is 6.78. The maximum atomic E-state index is 2.45. The minimum Gasteiger partial charge on any atom is -0.307 e. The van der Waals surface area contributed by atoms with E-state index >= 15 is 0 Å². The van der Waals surface area contributed by atoms with Crippen LogP contribution in [0.2, 0.25) is 0 Å². The van der Waals surface area contributed by atoms with Crippen molar-refractivity contribution in [1.82, 2.24) is 8.97 Å². The van der Waals surface area contributed by atoms with Gasteiger partial charge in [0.25, 0.3) is 0 Å². The van der Waals surface area contributed by atoms with E-state index < -0.39 is 0 Å². The van der Waals surface area contributed by atoms with Gasteiger partial charge in [-0.1, -0.05) is 66.7 Å². The molecule has 0 saturated heterocycles. The van der Waals surface area contributed by atoms with E-state index in [-0.39, 0.29) is 0 Å². The van der Waals surface area contributed by atoms with Crippen molar-refractivity contribution >= 4 is 49.1 Å². The first-order chi connectivity index (χ1) is 13.9. The minimum absolute atomic E-state index is 1.20. The number of hydrogen-bond acceptors (Lipinski definition) is 0. The van der Waals surface area contributed by atoms with E-state index in [0.717, 1.165) is 0 Å². The number of hydrogen-bond donors (Lipinski definition) is 0. The highest BCUT2D eigenvalue weighted by molar-refractivity contribution is 6.30. The molecule has 0 fully saturated rings. The zero-order valence-electron chi connectivity index (χ0n) is 15.1. The summed E-state index contributed by atoms with van der Waals surface area (Å²) in [6, 6.07) is 34.9. The highest BCUT2D eigenvalue weighted by Crippen LogP contribution is 2.44. The van der Waals surface area contributed by atoms with Crippen LogP contribution in [0.3, 0.4) is 0 Å². The summed E-state index contributed by atoms with van der Waals surface area (Å²) in [5.41, 5.74) is 7.61. The van der Waals surface area contributed by atoms with Gasteiger partial charge in [0.2, 0.25) is 0 Å². The molecule has 2 nitrogen and oxygen atoms in total. The lowest BCUT2D eigenvalue weighted by Gasteiger charge is -2.08. The molecule has 3 aromatic carbocycles. The first-order valence-electron chi connectivity index (χ1n) is 9.65. The average molecular weight is 356 g/mol. The van der Waals surface area contributed by atoms with E-state index in [2.05, 4.69) is 106 Å². The topological polar surface area (TPSA) is 9.34 Å². The number of nitrogens with zero attached hydrogens (tertiary/aromatic N) is 2. The quantitative estimate of drug-likeness (QED) is 0.307. The van der Waals surface area contributed by atoms with Gasteiger partial charge in [0.05, 0.1) is 27.6 Å². The molecule has 7 rings (SSSR count). The Morgan fingerprint density at radius 1 is 0.429 bits per heavy atom. The van der Waals surface area contributed by atoms with Gasteiger partial charge in [-0.05, 0) is 30.3 Å². The largest absolute Gasteiger partial charge is 0.307 e. The van der Waals surface area contributed by atoms with Crippen LogP contribution in [-0.2, 0) is 0 Å².